The van der Waals surface area contributed by atoms with Crippen molar-refractivity contribution >= 4 is 17.7 Å². The van der Waals surface area contributed by atoms with Gasteiger partial charge in [-0.3, -0.25) is 4.79 Å². The van der Waals surface area contributed by atoms with E-state index >= 15 is 0 Å². The third kappa shape index (κ3) is 5.57. The van der Waals surface area contributed by atoms with Gasteiger partial charge in [0.05, 0.1) is 6.04 Å². The first-order chi connectivity index (χ1) is 14.2. The van der Waals surface area contributed by atoms with Crippen molar-refractivity contribution in [3.05, 3.63) is 90.3 Å². The number of aryl methyl sites for hydroxylation is 1. The summed E-state index contributed by atoms with van der Waals surface area (Å²) in [5.74, 6) is 1.59. The molecule has 0 aliphatic carbocycles. The molecule has 3 aromatic rings. The van der Waals surface area contributed by atoms with E-state index in [0.29, 0.717) is 18.7 Å². The lowest BCUT2D eigenvalue weighted by atomic mass is 9.98. The summed E-state index contributed by atoms with van der Waals surface area (Å²) in [6.45, 7) is 6.53. The fourth-order valence-electron chi connectivity index (χ4n) is 3.12. The summed E-state index contributed by atoms with van der Waals surface area (Å²) >= 11 is 1.55. The number of benzene rings is 2. The second kappa shape index (κ2) is 10.6. The quantitative estimate of drug-likeness (QED) is 0.400. The van der Waals surface area contributed by atoms with E-state index in [9.17, 15) is 4.79 Å². The number of allylic oxidation sites excluding steroid dienone is 1. The van der Waals surface area contributed by atoms with Crippen molar-refractivity contribution in [1.29, 1.82) is 0 Å². The molecule has 0 atom stereocenters. The molecule has 0 saturated carbocycles. The van der Waals surface area contributed by atoms with Gasteiger partial charge in [-0.15, -0.1) is 16.8 Å². The zero-order valence-electron chi connectivity index (χ0n) is 16.6. The van der Waals surface area contributed by atoms with Gasteiger partial charge in [0.1, 0.15) is 5.82 Å². The first kappa shape index (κ1) is 20.9. The maximum absolute atomic E-state index is 12.7. The highest BCUT2D eigenvalue weighted by molar-refractivity contribution is 7.99. The molecule has 0 radical (unpaired) electrons. The zero-order chi connectivity index (χ0) is 20.5. The monoisotopic (exact) mass is 406 g/mol. The van der Waals surface area contributed by atoms with Gasteiger partial charge in [-0.1, -0.05) is 85.4 Å². The second-order valence-electron chi connectivity index (χ2n) is 6.57. The van der Waals surface area contributed by atoms with Crippen LogP contribution in [0.4, 0.5) is 0 Å². The third-order valence-corrected chi connectivity index (χ3v) is 5.52. The van der Waals surface area contributed by atoms with Crippen LogP contribution in [-0.4, -0.2) is 26.4 Å². The second-order valence-corrected chi connectivity index (χ2v) is 7.63. The molecule has 0 fully saturated rings. The highest BCUT2D eigenvalue weighted by Gasteiger charge is 2.17. The Hall–Kier alpha value is -2.86. The predicted octanol–water partition coefficient (Wildman–Crippen LogP) is 4.41. The first-order valence-corrected chi connectivity index (χ1v) is 10.8. The number of aromatic nitrogens is 3. The summed E-state index contributed by atoms with van der Waals surface area (Å²) in [7, 11) is 0. The average molecular weight is 407 g/mol. The SMILES string of the molecule is C=CCn1c(CC)nnc1SCCC(=O)NC(c1ccccc1)c1ccccc1. The first-order valence-electron chi connectivity index (χ1n) is 9.78. The number of hydrogen-bond donors (Lipinski definition) is 1. The van der Waals surface area contributed by atoms with Crippen LogP contribution >= 0.6 is 11.8 Å². The molecular formula is C23H26N4OS. The van der Waals surface area contributed by atoms with E-state index in [2.05, 4.69) is 29.0 Å². The Bertz CT molecular complexity index is 885. The van der Waals surface area contributed by atoms with Crippen molar-refractivity contribution in [2.45, 2.75) is 37.5 Å². The van der Waals surface area contributed by atoms with Crippen LogP contribution in [0.3, 0.4) is 0 Å². The van der Waals surface area contributed by atoms with Crippen molar-refractivity contribution in [1.82, 2.24) is 20.1 Å². The molecule has 29 heavy (non-hydrogen) atoms. The minimum Gasteiger partial charge on any atom is -0.345 e. The summed E-state index contributed by atoms with van der Waals surface area (Å²) in [4.78, 5) is 12.7. The normalized spacial score (nSPS) is 10.8. The Balaban J connectivity index is 1.63. The van der Waals surface area contributed by atoms with Crippen molar-refractivity contribution in [3.63, 3.8) is 0 Å². The van der Waals surface area contributed by atoms with Crippen LogP contribution in [0.15, 0.2) is 78.5 Å². The smallest absolute Gasteiger partial charge is 0.221 e. The number of rotatable bonds is 10. The summed E-state index contributed by atoms with van der Waals surface area (Å²) in [6, 6.07) is 19.9. The third-order valence-electron chi connectivity index (χ3n) is 4.55. The Kier molecular flexibility index (Phi) is 7.64. The molecule has 0 aliphatic heterocycles. The van der Waals surface area contributed by atoms with Gasteiger partial charge in [0.25, 0.3) is 0 Å². The van der Waals surface area contributed by atoms with Gasteiger partial charge >= 0.3 is 0 Å². The van der Waals surface area contributed by atoms with Crippen molar-refractivity contribution in [2.75, 3.05) is 5.75 Å². The molecule has 1 aromatic heterocycles. The molecule has 1 amide bonds. The van der Waals surface area contributed by atoms with Gasteiger partial charge in [0.2, 0.25) is 5.91 Å². The highest BCUT2D eigenvalue weighted by Crippen LogP contribution is 2.23. The van der Waals surface area contributed by atoms with Crippen molar-refractivity contribution in [2.24, 2.45) is 0 Å². The van der Waals surface area contributed by atoms with Gasteiger partial charge < -0.3 is 9.88 Å². The van der Waals surface area contributed by atoms with Gasteiger partial charge in [0, 0.05) is 25.1 Å². The van der Waals surface area contributed by atoms with Gasteiger partial charge in [-0.05, 0) is 11.1 Å². The van der Waals surface area contributed by atoms with Crippen molar-refractivity contribution in [3.8, 4) is 0 Å². The Morgan fingerprint density at radius 1 is 1.10 bits per heavy atom. The van der Waals surface area contributed by atoms with E-state index in [1.54, 1.807) is 11.8 Å². The van der Waals surface area contributed by atoms with E-state index in [1.807, 2.05) is 71.3 Å². The number of thioether (sulfide) groups is 1. The Labute approximate surface area is 176 Å². The Morgan fingerprint density at radius 2 is 1.72 bits per heavy atom. The molecule has 2 aromatic carbocycles. The number of amides is 1. The molecule has 1 heterocycles. The maximum atomic E-state index is 12.7. The van der Waals surface area contributed by atoms with Gasteiger partial charge in [0.15, 0.2) is 5.16 Å². The fourth-order valence-corrected chi connectivity index (χ4v) is 4.02. The minimum atomic E-state index is -0.161. The van der Waals surface area contributed by atoms with Crippen LogP contribution in [0, 0.1) is 0 Å². The lowest BCUT2D eigenvalue weighted by Gasteiger charge is -2.20. The van der Waals surface area contributed by atoms with Gasteiger partial charge in [-0.2, -0.15) is 0 Å². The number of nitrogens with one attached hydrogen (secondary N) is 1. The molecule has 0 aliphatic rings. The van der Waals surface area contributed by atoms with E-state index in [1.165, 1.54) is 0 Å². The minimum absolute atomic E-state index is 0.0145. The maximum Gasteiger partial charge on any atom is 0.221 e. The van der Waals surface area contributed by atoms with E-state index in [-0.39, 0.29) is 11.9 Å². The van der Waals surface area contributed by atoms with Crippen molar-refractivity contribution < 1.29 is 4.79 Å². The number of nitrogens with zero attached hydrogens (tertiary/aromatic N) is 3. The molecule has 3 rings (SSSR count). The summed E-state index contributed by atoms with van der Waals surface area (Å²) in [6.07, 6.45) is 3.06. The van der Waals surface area contributed by atoms with E-state index in [4.69, 9.17) is 0 Å². The van der Waals surface area contributed by atoms with Crippen LogP contribution in [0.1, 0.15) is 36.3 Å². The molecule has 6 heteroatoms. The van der Waals surface area contributed by atoms with Crippen LogP contribution in [-0.2, 0) is 17.8 Å². The van der Waals surface area contributed by atoms with Crippen LogP contribution < -0.4 is 5.32 Å². The standard InChI is InChI=1S/C23H26N4OS/c1-3-16-27-20(4-2)25-26-23(27)29-17-15-21(28)24-22(18-11-7-5-8-12-18)19-13-9-6-10-14-19/h3,5-14,22H,1,4,15-17H2,2H3,(H,24,28). The van der Waals surface area contributed by atoms with Crippen LogP contribution in [0.5, 0.6) is 0 Å². The highest BCUT2D eigenvalue weighted by atomic mass is 32.2. The summed E-state index contributed by atoms with van der Waals surface area (Å²) in [5, 5.41) is 12.5. The molecule has 0 spiro atoms. The van der Waals surface area contributed by atoms with Gasteiger partial charge in [-0.25, -0.2) is 0 Å². The molecule has 1 N–H and O–H groups in total. The zero-order valence-corrected chi connectivity index (χ0v) is 17.4. The average Bonchev–Trinajstić information content (AvgIpc) is 3.15. The summed E-state index contributed by atoms with van der Waals surface area (Å²) in [5.41, 5.74) is 2.14. The molecular weight excluding hydrogens is 380 g/mol. The Morgan fingerprint density at radius 3 is 2.28 bits per heavy atom. The number of hydrogen-bond acceptors (Lipinski definition) is 4. The molecule has 0 bridgehead atoms. The lowest BCUT2D eigenvalue weighted by molar-refractivity contribution is -0.121. The van der Waals surface area contributed by atoms with E-state index in [0.717, 1.165) is 28.5 Å². The molecule has 150 valence electrons. The van der Waals surface area contributed by atoms with E-state index < -0.39 is 0 Å². The predicted molar refractivity (Wildman–Crippen MR) is 118 cm³/mol. The number of carbonyl (C=O) groups is 1. The summed E-state index contributed by atoms with van der Waals surface area (Å²) < 4.78 is 2.05. The largest absolute Gasteiger partial charge is 0.345 e. The van der Waals surface area contributed by atoms with Crippen LogP contribution in [0.25, 0.3) is 0 Å². The molecule has 5 nitrogen and oxygen atoms in total. The topological polar surface area (TPSA) is 59.8 Å². The lowest BCUT2D eigenvalue weighted by Crippen LogP contribution is -2.29. The molecule has 0 unspecified atom stereocenters. The number of carbonyl (C=O) groups excluding carboxylic acids is 1. The van der Waals surface area contributed by atoms with Crippen LogP contribution in [0.2, 0.25) is 0 Å². The fraction of sp³-hybridized carbons (Fsp3) is 0.261. The molecule has 0 saturated heterocycles.